The lowest BCUT2D eigenvalue weighted by atomic mass is 10.5. The summed E-state index contributed by atoms with van der Waals surface area (Å²) in [6.07, 6.45) is -0.798. The van der Waals surface area contributed by atoms with E-state index in [9.17, 15) is 9.36 Å². The molecule has 8 heteroatoms. The Kier molecular flexibility index (Phi) is 9.28. The van der Waals surface area contributed by atoms with Gasteiger partial charge >= 0.3 is 13.6 Å². The highest BCUT2D eigenvalue weighted by Gasteiger charge is 2.30. The zero-order valence-corrected chi connectivity index (χ0v) is 12.3. The Labute approximate surface area is 111 Å². The maximum Gasteiger partial charge on any atom is 0.334 e. The van der Waals surface area contributed by atoms with Crippen molar-refractivity contribution in [2.24, 2.45) is 0 Å². The minimum absolute atomic E-state index is 0.00671. The lowest BCUT2D eigenvalue weighted by Crippen LogP contribution is -2.25. The first-order valence-corrected chi connectivity index (χ1v) is 8.00. The Morgan fingerprint density at radius 3 is 2.12 bits per heavy atom. The van der Waals surface area contributed by atoms with Gasteiger partial charge < -0.3 is 13.8 Å². The van der Waals surface area contributed by atoms with Crippen LogP contribution in [-0.2, 0) is 23.1 Å². The summed E-state index contributed by atoms with van der Waals surface area (Å²) in [7, 11) is -3.26. The summed E-state index contributed by atoms with van der Waals surface area (Å²) in [5.74, 6) is -0.884. The zero-order valence-electron chi connectivity index (χ0n) is 9.86. The fourth-order valence-electron chi connectivity index (χ4n) is 1.12. The molecule has 0 radical (unpaired) electrons. The third kappa shape index (κ3) is 7.27. The molecule has 102 valence electrons. The van der Waals surface area contributed by atoms with Crippen LogP contribution < -0.4 is 0 Å². The maximum absolute atomic E-state index is 12.1. The Hall–Kier alpha value is 0.200. The zero-order chi connectivity index (χ0) is 13.3. The van der Waals surface area contributed by atoms with Crippen LogP contribution in [0.15, 0.2) is 0 Å². The summed E-state index contributed by atoms with van der Waals surface area (Å²) < 4.78 is 27.2. The number of esters is 1. The van der Waals surface area contributed by atoms with Crippen LogP contribution in [0.25, 0.3) is 0 Å². The van der Waals surface area contributed by atoms with E-state index in [0.29, 0.717) is 0 Å². The van der Waals surface area contributed by atoms with Gasteiger partial charge in [-0.05, 0) is 13.8 Å². The predicted octanol–water partition coefficient (Wildman–Crippen LogP) is 2.64. The summed E-state index contributed by atoms with van der Waals surface area (Å²) >= 11 is 10.9. The van der Waals surface area contributed by atoms with Gasteiger partial charge in [-0.1, -0.05) is 0 Å². The number of hydrogen-bond donors (Lipinski definition) is 0. The average Bonchev–Trinajstić information content (AvgIpc) is 2.28. The van der Waals surface area contributed by atoms with Gasteiger partial charge in [-0.2, -0.15) is 0 Å². The third-order valence-electron chi connectivity index (χ3n) is 1.66. The SMILES string of the molecule is CCOP(=O)(CC(CCl)OC(=O)CCl)OCC. The van der Waals surface area contributed by atoms with Crippen LogP contribution in [-0.4, -0.2) is 43.2 Å². The predicted molar refractivity (Wildman–Crippen MR) is 67.0 cm³/mol. The van der Waals surface area contributed by atoms with Gasteiger partial charge in [0.05, 0.1) is 25.3 Å². The maximum atomic E-state index is 12.1. The van der Waals surface area contributed by atoms with Crippen molar-refractivity contribution in [3.8, 4) is 0 Å². The number of halogens is 2. The Bertz CT molecular complexity index is 264. The molecule has 0 bridgehead atoms. The summed E-state index contributed by atoms with van der Waals surface area (Å²) in [6, 6.07) is 0. The molecule has 0 amide bonds. The van der Waals surface area contributed by atoms with Gasteiger partial charge in [0, 0.05) is 0 Å². The van der Waals surface area contributed by atoms with Gasteiger partial charge in [0.15, 0.2) is 0 Å². The average molecular weight is 307 g/mol. The molecule has 0 rings (SSSR count). The monoisotopic (exact) mass is 306 g/mol. The molecular formula is C9H17Cl2O5P. The van der Waals surface area contributed by atoms with E-state index in [0.717, 1.165) is 0 Å². The number of hydrogen-bond acceptors (Lipinski definition) is 5. The number of rotatable bonds is 9. The van der Waals surface area contributed by atoms with Gasteiger partial charge in [-0.25, -0.2) is 0 Å². The quantitative estimate of drug-likeness (QED) is 0.372. The summed E-state index contributed by atoms with van der Waals surface area (Å²) in [4.78, 5) is 11.0. The van der Waals surface area contributed by atoms with Crippen LogP contribution in [0.2, 0.25) is 0 Å². The van der Waals surface area contributed by atoms with E-state index in [1.165, 1.54) is 0 Å². The summed E-state index contributed by atoms with van der Waals surface area (Å²) in [5.41, 5.74) is 0. The van der Waals surface area contributed by atoms with Crippen LogP contribution >= 0.6 is 30.8 Å². The molecule has 1 unspecified atom stereocenters. The summed E-state index contributed by atoms with van der Waals surface area (Å²) in [6.45, 7) is 3.89. The van der Waals surface area contributed by atoms with Gasteiger partial charge in [0.1, 0.15) is 12.0 Å². The molecule has 0 aliphatic carbocycles. The molecule has 0 aromatic rings. The molecule has 0 heterocycles. The van der Waals surface area contributed by atoms with E-state index in [1.54, 1.807) is 13.8 Å². The highest BCUT2D eigenvalue weighted by molar-refractivity contribution is 7.53. The smallest absolute Gasteiger partial charge is 0.334 e. The lowest BCUT2D eigenvalue weighted by molar-refractivity contribution is -0.144. The van der Waals surface area contributed by atoms with E-state index < -0.39 is 19.7 Å². The van der Waals surface area contributed by atoms with Crippen molar-refractivity contribution < 1.29 is 23.1 Å². The Balaban J connectivity index is 4.48. The molecule has 0 aromatic heterocycles. The molecular weight excluding hydrogens is 290 g/mol. The molecule has 0 fully saturated rings. The number of carbonyl (C=O) groups excluding carboxylic acids is 1. The van der Waals surface area contributed by atoms with Crippen molar-refractivity contribution in [2.45, 2.75) is 20.0 Å². The highest BCUT2D eigenvalue weighted by atomic mass is 35.5. The highest BCUT2D eigenvalue weighted by Crippen LogP contribution is 2.48. The largest absolute Gasteiger partial charge is 0.460 e. The normalized spacial score (nSPS) is 13.4. The van der Waals surface area contributed by atoms with E-state index in [2.05, 4.69) is 0 Å². The second-order valence-electron chi connectivity index (χ2n) is 3.03. The van der Waals surface area contributed by atoms with E-state index in [-0.39, 0.29) is 31.1 Å². The molecule has 0 saturated carbocycles. The van der Waals surface area contributed by atoms with Gasteiger partial charge in [0.25, 0.3) is 0 Å². The topological polar surface area (TPSA) is 61.8 Å². The molecule has 0 aromatic carbocycles. The first kappa shape index (κ1) is 17.2. The van der Waals surface area contributed by atoms with Crippen LogP contribution in [0.5, 0.6) is 0 Å². The van der Waals surface area contributed by atoms with Crippen molar-refractivity contribution in [1.29, 1.82) is 0 Å². The number of ether oxygens (including phenoxy) is 1. The van der Waals surface area contributed by atoms with Crippen LogP contribution in [0.4, 0.5) is 0 Å². The molecule has 0 saturated heterocycles. The second kappa shape index (κ2) is 9.17. The van der Waals surface area contributed by atoms with Crippen LogP contribution in [0.3, 0.4) is 0 Å². The van der Waals surface area contributed by atoms with Crippen molar-refractivity contribution in [1.82, 2.24) is 0 Å². The van der Waals surface area contributed by atoms with E-state index in [4.69, 9.17) is 37.0 Å². The molecule has 0 aliphatic heterocycles. The van der Waals surface area contributed by atoms with Gasteiger partial charge in [-0.15, -0.1) is 23.2 Å². The standard InChI is InChI=1S/C9H17Cl2O5P/c1-3-14-17(13,15-4-2)7-8(5-10)16-9(12)6-11/h8H,3-7H2,1-2H3. The molecule has 0 spiro atoms. The molecule has 0 aliphatic rings. The Morgan fingerprint density at radius 2 is 1.76 bits per heavy atom. The first-order valence-electron chi connectivity index (χ1n) is 5.20. The first-order chi connectivity index (χ1) is 8.01. The minimum Gasteiger partial charge on any atom is -0.460 e. The minimum atomic E-state index is -3.26. The van der Waals surface area contributed by atoms with Crippen LogP contribution in [0.1, 0.15) is 13.8 Å². The second-order valence-corrected chi connectivity index (χ2v) is 5.71. The van der Waals surface area contributed by atoms with Crippen molar-refractivity contribution in [3.05, 3.63) is 0 Å². The van der Waals surface area contributed by atoms with E-state index >= 15 is 0 Å². The van der Waals surface area contributed by atoms with Gasteiger partial charge in [0.2, 0.25) is 0 Å². The summed E-state index contributed by atoms with van der Waals surface area (Å²) in [5, 5.41) is 0. The lowest BCUT2D eigenvalue weighted by Gasteiger charge is -2.21. The van der Waals surface area contributed by atoms with Crippen molar-refractivity contribution in [3.63, 3.8) is 0 Å². The number of alkyl halides is 2. The van der Waals surface area contributed by atoms with Crippen molar-refractivity contribution >= 4 is 36.8 Å². The Morgan fingerprint density at radius 1 is 1.24 bits per heavy atom. The van der Waals surface area contributed by atoms with E-state index in [1.807, 2.05) is 0 Å². The van der Waals surface area contributed by atoms with Crippen molar-refractivity contribution in [2.75, 3.05) is 31.1 Å². The molecule has 1 atom stereocenters. The fourth-order valence-corrected chi connectivity index (χ4v) is 3.28. The van der Waals surface area contributed by atoms with Crippen LogP contribution in [0, 0.1) is 0 Å². The molecule has 17 heavy (non-hydrogen) atoms. The number of carbonyl (C=O) groups is 1. The molecule has 5 nitrogen and oxygen atoms in total. The van der Waals surface area contributed by atoms with Gasteiger partial charge in [-0.3, -0.25) is 9.36 Å². The third-order valence-corrected chi connectivity index (χ3v) is 4.38. The molecule has 0 N–H and O–H groups in total. The fraction of sp³-hybridized carbons (Fsp3) is 0.889.